The minimum Gasteiger partial charge on any atom is -0.370 e. The maximum absolute atomic E-state index is 6.21. The Morgan fingerprint density at radius 3 is 2.39 bits per heavy atom. The van der Waals surface area contributed by atoms with Gasteiger partial charge in [0.1, 0.15) is 12.9 Å². The predicted molar refractivity (Wildman–Crippen MR) is 118 cm³/mol. The molecule has 0 unspecified atom stereocenters. The number of rotatable bonds is 4. The van der Waals surface area contributed by atoms with Crippen molar-refractivity contribution in [2.45, 2.75) is 6.54 Å². The molecule has 10 heteroatoms. The lowest BCUT2D eigenvalue weighted by Crippen LogP contribution is -2.51. The highest BCUT2D eigenvalue weighted by atomic mass is 127. The Morgan fingerprint density at radius 1 is 0.964 bits per heavy atom. The van der Waals surface area contributed by atoms with E-state index in [2.05, 4.69) is 34.8 Å². The Hall–Kier alpha value is -2.76. The number of hydrogen-bond acceptors (Lipinski definition) is 6. The highest BCUT2D eigenvalue weighted by Crippen LogP contribution is 2.11. The van der Waals surface area contributed by atoms with Gasteiger partial charge in [-0.15, -0.1) is 24.0 Å². The van der Waals surface area contributed by atoms with E-state index in [9.17, 15) is 0 Å². The molecule has 1 aliphatic rings. The van der Waals surface area contributed by atoms with Gasteiger partial charge in [0.2, 0.25) is 5.95 Å². The summed E-state index contributed by atoms with van der Waals surface area (Å²) in [5.41, 5.74) is 7.16. The molecule has 0 aliphatic carbocycles. The number of piperazine rings is 1. The van der Waals surface area contributed by atoms with E-state index in [0.29, 0.717) is 12.5 Å². The third-order valence-corrected chi connectivity index (χ3v) is 4.44. The third kappa shape index (κ3) is 4.55. The minimum atomic E-state index is 0. The van der Waals surface area contributed by atoms with Gasteiger partial charge >= 0.3 is 0 Å². The number of anilines is 1. The lowest BCUT2D eigenvalue weighted by atomic mass is 10.3. The Labute approximate surface area is 180 Å². The zero-order valence-corrected chi connectivity index (χ0v) is 17.6. The van der Waals surface area contributed by atoms with E-state index in [1.54, 1.807) is 17.1 Å². The number of guanidine groups is 1. The number of aliphatic imine (C=N–C) groups is 1. The largest absolute Gasteiger partial charge is 0.370 e. The van der Waals surface area contributed by atoms with Crippen LogP contribution in [0.25, 0.3) is 5.69 Å². The van der Waals surface area contributed by atoms with Gasteiger partial charge in [-0.05, 0) is 18.2 Å². The highest BCUT2D eigenvalue weighted by molar-refractivity contribution is 14.0. The lowest BCUT2D eigenvalue weighted by Gasteiger charge is -2.35. The summed E-state index contributed by atoms with van der Waals surface area (Å²) in [5, 5.41) is 4.28. The number of para-hydroxylation sites is 1. The van der Waals surface area contributed by atoms with E-state index >= 15 is 0 Å². The molecule has 1 saturated heterocycles. The molecule has 0 bridgehead atoms. The molecule has 2 N–H and O–H groups in total. The van der Waals surface area contributed by atoms with Crippen molar-refractivity contribution in [3.63, 3.8) is 0 Å². The molecule has 0 saturated carbocycles. The molecule has 0 atom stereocenters. The monoisotopic (exact) mass is 491 g/mol. The molecule has 0 radical (unpaired) electrons. The summed E-state index contributed by atoms with van der Waals surface area (Å²) in [7, 11) is 0. The Morgan fingerprint density at radius 2 is 1.68 bits per heavy atom. The third-order valence-electron chi connectivity index (χ3n) is 4.44. The molecule has 1 fully saturated rings. The van der Waals surface area contributed by atoms with Crippen LogP contribution in [-0.2, 0) is 6.54 Å². The van der Waals surface area contributed by atoms with Crippen molar-refractivity contribution in [2.24, 2.45) is 10.7 Å². The number of nitrogens with two attached hydrogens (primary N) is 1. The molecule has 3 heterocycles. The van der Waals surface area contributed by atoms with Crippen LogP contribution in [0, 0.1) is 0 Å². The van der Waals surface area contributed by atoms with Gasteiger partial charge in [-0.25, -0.2) is 24.6 Å². The first-order valence-corrected chi connectivity index (χ1v) is 8.82. The molecule has 1 aromatic carbocycles. The molecule has 2 aromatic heterocycles. The summed E-state index contributed by atoms with van der Waals surface area (Å²) in [5.74, 6) is 2.02. The molecular formula is C18H22IN9. The fourth-order valence-electron chi connectivity index (χ4n) is 3.00. The standard InChI is InChI=1S/C18H21N9.HI/c19-17(25-9-11-26(12-10-25)18-20-7-4-8-21-18)22-13-16-23-14-24-27(16)15-5-2-1-3-6-15;/h1-8,14H,9-13H2,(H2,19,22);1H. The molecule has 0 amide bonds. The van der Waals surface area contributed by atoms with Crippen LogP contribution >= 0.6 is 24.0 Å². The van der Waals surface area contributed by atoms with Crippen LogP contribution in [0.2, 0.25) is 0 Å². The fourth-order valence-corrected chi connectivity index (χ4v) is 3.00. The molecule has 3 aromatic rings. The van der Waals surface area contributed by atoms with Gasteiger partial charge in [-0.3, -0.25) is 0 Å². The SMILES string of the molecule is I.NC(=NCc1ncnn1-c1ccccc1)N1CCN(c2ncccn2)CC1. The minimum absolute atomic E-state index is 0. The lowest BCUT2D eigenvalue weighted by molar-refractivity contribution is 0.378. The molecule has 146 valence electrons. The zero-order chi connectivity index (χ0) is 18.5. The van der Waals surface area contributed by atoms with Gasteiger partial charge in [-0.1, -0.05) is 18.2 Å². The van der Waals surface area contributed by atoms with Crippen molar-refractivity contribution in [3.05, 3.63) is 60.9 Å². The van der Waals surface area contributed by atoms with E-state index in [1.807, 2.05) is 36.4 Å². The first-order chi connectivity index (χ1) is 13.3. The Balaban J connectivity index is 0.00000225. The van der Waals surface area contributed by atoms with Crippen LogP contribution in [0.1, 0.15) is 5.82 Å². The predicted octanol–water partition coefficient (Wildman–Crippen LogP) is 1.31. The second-order valence-corrected chi connectivity index (χ2v) is 6.12. The van der Waals surface area contributed by atoms with Crippen LogP contribution in [-0.4, -0.2) is 61.8 Å². The van der Waals surface area contributed by atoms with Crippen molar-refractivity contribution in [1.82, 2.24) is 29.6 Å². The topological polar surface area (TPSA) is 101 Å². The second-order valence-electron chi connectivity index (χ2n) is 6.12. The highest BCUT2D eigenvalue weighted by Gasteiger charge is 2.20. The van der Waals surface area contributed by atoms with Crippen molar-refractivity contribution in [3.8, 4) is 5.69 Å². The fraction of sp³-hybridized carbons (Fsp3) is 0.278. The normalized spacial score (nSPS) is 14.6. The van der Waals surface area contributed by atoms with Crippen LogP contribution in [0.4, 0.5) is 5.95 Å². The van der Waals surface area contributed by atoms with Gasteiger partial charge in [0.25, 0.3) is 0 Å². The van der Waals surface area contributed by atoms with E-state index in [0.717, 1.165) is 43.6 Å². The van der Waals surface area contributed by atoms with E-state index in [4.69, 9.17) is 5.73 Å². The summed E-state index contributed by atoms with van der Waals surface area (Å²) in [6, 6.07) is 11.7. The molecule has 28 heavy (non-hydrogen) atoms. The van der Waals surface area contributed by atoms with Crippen molar-refractivity contribution < 1.29 is 0 Å². The van der Waals surface area contributed by atoms with Crippen molar-refractivity contribution in [1.29, 1.82) is 0 Å². The van der Waals surface area contributed by atoms with E-state index in [-0.39, 0.29) is 24.0 Å². The van der Waals surface area contributed by atoms with Gasteiger partial charge in [0.05, 0.1) is 5.69 Å². The molecular weight excluding hydrogens is 469 g/mol. The first kappa shape index (κ1) is 20.0. The summed E-state index contributed by atoms with van der Waals surface area (Å²) < 4.78 is 1.78. The van der Waals surface area contributed by atoms with Gasteiger partial charge in [0, 0.05) is 38.6 Å². The number of aromatic nitrogens is 5. The number of nitrogens with zero attached hydrogens (tertiary/aromatic N) is 8. The van der Waals surface area contributed by atoms with Crippen LogP contribution < -0.4 is 10.6 Å². The number of hydrogen-bond donors (Lipinski definition) is 1. The van der Waals surface area contributed by atoms with Gasteiger partial charge in [0.15, 0.2) is 11.8 Å². The summed E-state index contributed by atoms with van der Waals surface area (Å²) in [6.07, 6.45) is 5.05. The second kappa shape index (κ2) is 9.44. The van der Waals surface area contributed by atoms with E-state index in [1.165, 1.54) is 6.33 Å². The smallest absolute Gasteiger partial charge is 0.225 e. The number of halogens is 1. The first-order valence-electron chi connectivity index (χ1n) is 8.82. The van der Waals surface area contributed by atoms with E-state index < -0.39 is 0 Å². The van der Waals surface area contributed by atoms with Gasteiger partial charge < -0.3 is 15.5 Å². The Bertz CT molecular complexity index is 890. The van der Waals surface area contributed by atoms with Crippen LogP contribution in [0.3, 0.4) is 0 Å². The molecule has 4 rings (SSSR count). The summed E-state index contributed by atoms with van der Waals surface area (Å²) in [6.45, 7) is 3.54. The van der Waals surface area contributed by atoms with Crippen molar-refractivity contribution >= 4 is 35.9 Å². The quantitative estimate of drug-likeness (QED) is 0.334. The average molecular weight is 491 g/mol. The van der Waals surface area contributed by atoms with Gasteiger partial charge in [-0.2, -0.15) is 5.10 Å². The number of benzene rings is 1. The molecule has 1 aliphatic heterocycles. The van der Waals surface area contributed by atoms with Crippen LogP contribution in [0.15, 0.2) is 60.1 Å². The summed E-state index contributed by atoms with van der Waals surface area (Å²) >= 11 is 0. The average Bonchev–Trinajstić information content (AvgIpc) is 3.22. The maximum atomic E-state index is 6.21. The van der Waals surface area contributed by atoms with Crippen molar-refractivity contribution in [2.75, 3.05) is 31.1 Å². The Kier molecular flexibility index (Phi) is 6.74. The zero-order valence-electron chi connectivity index (χ0n) is 15.3. The maximum Gasteiger partial charge on any atom is 0.225 e. The summed E-state index contributed by atoms with van der Waals surface area (Å²) in [4.78, 5) is 21.6. The molecule has 9 nitrogen and oxygen atoms in total. The molecule has 0 spiro atoms. The van der Waals surface area contributed by atoms with Crippen LogP contribution in [0.5, 0.6) is 0 Å².